The van der Waals surface area contributed by atoms with Crippen molar-refractivity contribution >= 4 is 28.5 Å². The van der Waals surface area contributed by atoms with Gasteiger partial charge in [0.2, 0.25) is 0 Å². The first-order chi connectivity index (χ1) is 8.56. The lowest BCUT2D eigenvalue weighted by Gasteiger charge is -2.29. The standard InChI is InChI=1S/C13H18IN3O/c1-9-11(14)3-4-12(15-9)13(18)16-10-5-7-17(2)8-6-10/h3-4,10H,5-8H2,1-2H3,(H,16,18). The number of carbonyl (C=O) groups is 1. The molecule has 2 rings (SSSR count). The molecule has 4 nitrogen and oxygen atoms in total. The summed E-state index contributed by atoms with van der Waals surface area (Å²) in [6.07, 6.45) is 2.04. The zero-order chi connectivity index (χ0) is 13.1. The van der Waals surface area contributed by atoms with E-state index < -0.39 is 0 Å². The molecule has 2 heterocycles. The maximum Gasteiger partial charge on any atom is 0.270 e. The highest BCUT2D eigenvalue weighted by molar-refractivity contribution is 14.1. The zero-order valence-corrected chi connectivity index (χ0v) is 12.9. The van der Waals surface area contributed by atoms with Crippen molar-refractivity contribution in [1.82, 2.24) is 15.2 Å². The minimum atomic E-state index is -0.0518. The van der Waals surface area contributed by atoms with E-state index in [2.05, 4.69) is 44.8 Å². The highest BCUT2D eigenvalue weighted by Crippen LogP contribution is 2.11. The fourth-order valence-corrected chi connectivity index (χ4v) is 2.38. The molecule has 5 heteroatoms. The number of hydrogen-bond acceptors (Lipinski definition) is 3. The first-order valence-electron chi connectivity index (χ1n) is 6.19. The van der Waals surface area contributed by atoms with E-state index in [9.17, 15) is 4.79 Å². The molecular formula is C13H18IN3O. The average Bonchev–Trinajstić information content (AvgIpc) is 2.35. The van der Waals surface area contributed by atoms with Crippen LogP contribution in [0.3, 0.4) is 0 Å². The molecule has 0 atom stereocenters. The Morgan fingerprint density at radius 2 is 2.11 bits per heavy atom. The molecule has 0 bridgehead atoms. The minimum absolute atomic E-state index is 0.0518. The van der Waals surface area contributed by atoms with Gasteiger partial charge in [-0.2, -0.15) is 0 Å². The van der Waals surface area contributed by atoms with Gasteiger partial charge < -0.3 is 10.2 Å². The summed E-state index contributed by atoms with van der Waals surface area (Å²) in [6, 6.07) is 4.01. The van der Waals surface area contributed by atoms with E-state index in [4.69, 9.17) is 0 Å². The Morgan fingerprint density at radius 1 is 1.44 bits per heavy atom. The minimum Gasteiger partial charge on any atom is -0.348 e. The summed E-state index contributed by atoms with van der Waals surface area (Å²) in [6.45, 7) is 4.02. The number of nitrogens with one attached hydrogen (secondary N) is 1. The van der Waals surface area contributed by atoms with Gasteiger partial charge in [-0.1, -0.05) is 0 Å². The lowest BCUT2D eigenvalue weighted by molar-refractivity contribution is 0.0911. The normalized spacial score (nSPS) is 17.7. The van der Waals surface area contributed by atoms with E-state index in [0.717, 1.165) is 35.2 Å². The first-order valence-corrected chi connectivity index (χ1v) is 7.26. The number of rotatable bonds is 2. The summed E-state index contributed by atoms with van der Waals surface area (Å²) in [5.41, 5.74) is 1.43. The summed E-state index contributed by atoms with van der Waals surface area (Å²) >= 11 is 2.22. The molecule has 0 aromatic carbocycles. The van der Waals surface area contributed by atoms with Gasteiger partial charge in [0.15, 0.2) is 0 Å². The van der Waals surface area contributed by atoms with Crippen LogP contribution in [0.2, 0.25) is 0 Å². The van der Waals surface area contributed by atoms with E-state index in [0.29, 0.717) is 5.69 Å². The molecule has 0 aliphatic carbocycles. The summed E-state index contributed by atoms with van der Waals surface area (Å²) in [5, 5.41) is 3.07. The number of piperidine rings is 1. The summed E-state index contributed by atoms with van der Waals surface area (Å²) < 4.78 is 1.09. The number of nitrogens with zero attached hydrogens (tertiary/aromatic N) is 2. The SMILES string of the molecule is Cc1nc(C(=O)NC2CCN(C)CC2)ccc1I. The quantitative estimate of drug-likeness (QED) is 0.820. The van der Waals surface area contributed by atoms with Crippen molar-refractivity contribution in [3.63, 3.8) is 0 Å². The van der Waals surface area contributed by atoms with E-state index in [1.165, 1.54) is 0 Å². The molecule has 1 amide bonds. The van der Waals surface area contributed by atoms with Gasteiger partial charge in [0.25, 0.3) is 5.91 Å². The van der Waals surface area contributed by atoms with Crippen molar-refractivity contribution in [2.75, 3.05) is 20.1 Å². The van der Waals surface area contributed by atoms with Crippen molar-refractivity contribution in [2.24, 2.45) is 0 Å². The van der Waals surface area contributed by atoms with Crippen LogP contribution in [0.15, 0.2) is 12.1 Å². The topological polar surface area (TPSA) is 45.2 Å². The molecule has 1 fully saturated rings. The van der Waals surface area contributed by atoms with Gasteiger partial charge >= 0.3 is 0 Å². The van der Waals surface area contributed by atoms with Gasteiger partial charge in [0.05, 0.1) is 5.69 Å². The lowest BCUT2D eigenvalue weighted by atomic mass is 10.1. The smallest absolute Gasteiger partial charge is 0.270 e. The predicted molar refractivity (Wildman–Crippen MR) is 79.7 cm³/mol. The monoisotopic (exact) mass is 359 g/mol. The van der Waals surface area contributed by atoms with E-state index in [1.807, 2.05) is 13.0 Å². The van der Waals surface area contributed by atoms with Crippen LogP contribution >= 0.6 is 22.6 Å². The number of carbonyl (C=O) groups excluding carboxylic acids is 1. The lowest BCUT2D eigenvalue weighted by Crippen LogP contribution is -2.43. The third-order valence-corrected chi connectivity index (χ3v) is 4.45. The Kier molecular flexibility index (Phi) is 4.55. The molecule has 0 radical (unpaired) electrons. The van der Waals surface area contributed by atoms with Crippen LogP contribution in [0, 0.1) is 10.5 Å². The molecule has 1 aromatic rings. The molecule has 0 unspecified atom stereocenters. The van der Waals surface area contributed by atoms with Crippen LogP contribution < -0.4 is 5.32 Å². The molecule has 1 saturated heterocycles. The fourth-order valence-electron chi connectivity index (χ4n) is 2.08. The van der Waals surface area contributed by atoms with Gasteiger partial charge in [-0.3, -0.25) is 4.79 Å². The Labute approximate surface area is 121 Å². The second-order valence-corrected chi connectivity index (χ2v) is 5.98. The molecule has 18 heavy (non-hydrogen) atoms. The highest BCUT2D eigenvalue weighted by Gasteiger charge is 2.19. The summed E-state index contributed by atoms with van der Waals surface area (Å²) in [4.78, 5) is 18.7. The number of aryl methyl sites for hydroxylation is 1. The average molecular weight is 359 g/mol. The summed E-state index contributed by atoms with van der Waals surface area (Å²) in [5.74, 6) is -0.0518. The van der Waals surface area contributed by atoms with Crippen LogP contribution in [0.4, 0.5) is 0 Å². The third kappa shape index (κ3) is 3.41. The van der Waals surface area contributed by atoms with Gasteiger partial charge in [-0.25, -0.2) is 4.98 Å². The zero-order valence-electron chi connectivity index (χ0n) is 10.7. The predicted octanol–water partition coefficient (Wildman–Crippen LogP) is 1.82. The van der Waals surface area contributed by atoms with E-state index >= 15 is 0 Å². The van der Waals surface area contributed by atoms with Crippen LogP contribution in [-0.4, -0.2) is 42.0 Å². The van der Waals surface area contributed by atoms with Crippen LogP contribution in [-0.2, 0) is 0 Å². The Morgan fingerprint density at radius 3 is 2.72 bits per heavy atom. The molecule has 1 aliphatic rings. The van der Waals surface area contributed by atoms with Gasteiger partial charge in [-0.05, 0) is 74.6 Å². The number of amides is 1. The van der Waals surface area contributed by atoms with Gasteiger partial charge in [-0.15, -0.1) is 0 Å². The number of aromatic nitrogens is 1. The van der Waals surface area contributed by atoms with Gasteiger partial charge in [0.1, 0.15) is 5.69 Å². The molecule has 98 valence electrons. The second kappa shape index (κ2) is 5.97. The Bertz CT molecular complexity index is 442. The van der Waals surface area contributed by atoms with E-state index in [1.54, 1.807) is 6.07 Å². The van der Waals surface area contributed by atoms with Crippen LogP contribution in [0.25, 0.3) is 0 Å². The van der Waals surface area contributed by atoms with Crippen LogP contribution in [0.5, 0.6) is 0 Å². The highest BCUT2D eigenvalue weighted by atomic mass is 127. The maximum absolute atomic E-state index is 12.1. The fraction of sp³-hybridized carbons (Fsp3) is 0.538. The Hall–Kier alpha value is -0.690. The number of likely N-dealkylation sites (tertiary alicyclic amines) is 1. The Balaban J connectivity index is 1.97. The number of hydrogen-bond donors (Lipinski definition) is 1. The number of halogens is 1. The van der Waals surface area contributed by atoms with E-state index in [-0.39, 0.29) is 11.9 Å². The molecule has 1 aliphatic heterocycles. The molecule has 1 N–H and O–H groups in total. The van der Waals surface area contributed by atoms with Gasteiger partial charge in [0, 0.05) is 9.61 Å². The van der Waals surface area contributed by atoms with Crippen LogP contribution in [0.1, 0.15) is 29.0 Å². The van der Waals surface area contributed by atoms with Crippen molar-refractivity contribution in [3.05, 3.63) is 27.1 Å². The first kappa shape index (κ1) is 13.7. The summed E-state index contributed by atoms with van der Waals surface area (Å²) in [7, 11) is 2.11. The van der Waals surface area contributed by atoms with Crippen molar-refractivity contribution < 1.29 is 4.79 Å². The molecule has 0 saturated carbocycles. The molecule has 0 spiro atoms. The number of pyridine rings is 1. The second-order valence-electron chi connectivity index (χ2n) is 4.81. The molecular weight excluding hydrogens is 341 g/mol. The maximum atomic E-state index is 12.1. The molecule has 1 aromatic heterocycles. The van der Waals surface area contributed by atoms with Crippen molar-refractivity contribution in [1.29, 1.82) is 0 Å². The largest absolute Gasteiger partial charge is 0.348 e. The van der Waals surface area contributed by atoms with Crippen molar-refractivity contribution in [2.45, 2.75) is 25.8 Å². The van der Waals surface area contributed by atoms with Crippen molar-refractivity contribution in [3.8, 4) is 0 Å². The third-order valence-electron chi connectivity index (χ3n) is 3.31.